The molecular weight excluding hydrogens is 457 g/mol. The number of hydrogen-bond acceptors (Lipinski definition) is 4. The van der Waals surface area contributed by atoms with Crippen LogP contribution >= 0.6 is 0 Å². The van der Waals surface area contributed by atoms with Gasteiger partial charge in [0.05, 0.1) is 11.9 Å². The van der Waals surface area contributed by atoms with Crippen molar-refractivity contribution in [1.29, 1.82) is 0 Å². The van der Waals surface area contributed by atoms with Gasteiger partial charge in [0.25, 0.3) is 0 Å². The second-order valence-corrected chi connectivity index (χ2v) is 10.5. The van der Waals surface area contributed by atoms with E-state index in [-0.39, 0.29) is 24.1 Å². The number of benzene rings is 2. The number of nitrogens with one attached hydrogen (secondary N) is 1. The molecular formula is C25H34FN3O4S. The van der Waals surface area contributed by atoms with Gasteiger partial charge in [-0.15, -0.1) is 0 Å². The molecule has 0 aliphatic carbocycles. The van der Waals surface area contributed by atoms with E-state index in [2.05, 4.69) is 5.32 Å². The number of halogens is 1. The highest BCUT2D eigenvalue weighted by Gasteiger charge is 2.32. The van der Waals surface area contributed by atoms with E-state index < -0.39 is 34.3 Å². The number of para-hydroxylation sites is 1. The Balaban J connectivity index is 2.35. The van der Waals surface area contributed by atoms with Crippen molar-refractivity contribution in [2.24, 2.45) is 5.92 Å². The number of amides is 2. The van der Waals surface area contributed by atoms with E-state index in [0.29, 0.717) is 19.4 Å². The molecule has 2 amide bonds. The molecule has 0 fully saturated rings. The van der Waals surface area contributed by atoms with Crippen LogP contribution in [0, 0.1) is 11.7 Å². The summed E-state index contributed by atoms with van der Waals surface area (Å²) in [6.45, 7) is 5.80. The van der Waals surface area contributed by atoms with Gasteiger partial charge in [0.2, 0.25) is 21.8 Å². The van der Waals surface area contributed by atoms with Crippen LogP contribution in [-0.2, 0) is 26.0 Å². The molecule has 0 saturated carbocycles. The Labute approximate surface area is 202 Å². The number of sulfonamides is 1. The van der Waals surface area contributed by atoms with Crippen molar-refractivity contribution in [3.8, 4) is 0 Å². The molecule has 9 heteroatoms. The zero-order valence-electron chi connectivity index (χ0n) is 20.2. The minimum Gasteiger partial charge on any atom is -0.354 e. The van der Waals surface area contributed by atoms with Gasteiger partial charge in [-0.25, -0.2) is 12.8 Å². The topological polar surface area (TPSA) is 86.8 Å². The van der Waals surface area contributed by atoms with Crippen molar-refractivity contribution in [2.75, 3.05) is 30.2 Å². The van der Waals surface area contributed by atoms with E-state index in [0.717, 1.165) is 22.2 Å². The van der Waals surface area contributed by atoms with Gasteiger partial charge in [-0.05, 0) is 36.5 Å². The molecule has 0 heterocycles. The average Bonchev–Trinajstić information content (AvgIpc) is 2.79. The van der Waals surface area contributed by atoms with Crippen LogP contribution in [0.3, 0.4) is 0 Å². The van der Waals surface area contributed by atoms with E-state index >= 15 is 0 Å². The summed E-state index contributed by atoms with van der Waals surface area (Å²) in [5, 5.41) is 2.87. The highest BCUT2D eigenvalue weighted by Crippen LogP contribution is 2.22. The lowest BCUT2D eigenvalue weighted by molar-refractivity contribution is -0.139. The molecule has 1 atom stereocenters. The smallest absolute Gasteiger partial charge is 0.244 e. The Morgan fingerprint density at radius 3 is 2.21 bits per heavy atom. The number of nitrogens with zero attached hydrogens (tertiary/aromatic N) is 2. The highest BCUT2D eigenvalue weighted by molar-refractivity contribution is 7.92. The molecule has 0 saturated heterocycles. The van der Waals surface area contributed by atoms with Crippen LogP contribution in [0.5, 0.6) is 0 Å². The molecule has 1 unspecified atom stereocenters. The normalized spacial score (nSPS) is 12.3. The van der Waals surface area contributed by atoms with Gasteiger partial charge in [0.15, 0.2) is 0 Å². The summed E-state index contributed by atoms with van der Waals surface area (Å²) in [5.41, 5.74) is 0.769. The summed E-state index contributed by atoms with van der Waals surface area (Å²) in [5.74, 6) is -1.39. The molecule has 7 nitrogen and oxygen atoms in total. The fourth-order valence-corrected chi connectivity index (χ4v) is 4.42. The molecule has 2 rings (SSSR count). The average molecular weight is 492 g/mol. The Morgan fingerprint density at radius 2 is 1.65 bits per heavy atom. The number of anilines is 1. The quantitative estimate of drug-likeness (QED) is 0.494. The summed E-state index contributed by atoms with van der Waals surface area (Å²) in [6, 6.07) is 14.1. The van der Waals surface area contributed by atoms with E-state index in [9.17, 15) is 22.4 Å². The summed E-state index contributed by atoms with van der Waals surface area (Å²) >= 11 is 0. The van der Waals surface area contributed by atoms with Crippen molar-refractivity contribution >= 4 is 27.5 Å². The van der Waals surface area contributed by atoms with Crippen molar-refractivity contribution in [2.45, 2.75) is 39.7 Å². The van der Waals surface area contributed by atoms with Crippen LogP contribution in [-0.4, -0.2) is 57.1 Å². The zero-order chi connectivity index (χ0) is 25.3. The SMILES string of the molecule is CCC(C(=O)NCC(C)C)N(CCc1ccccc1)C(=O)CN(c1ccccc1F)S(C)(=O)=O. The lowest BCUT2D eigenvalue weighted by Gasteiger charge is -2.33. The van der Waals surface area contributed by atoms with Crippen molar-refractivity contribution in [1.82, 2.24) is 10.2 Å². The third kappa shape index (κ3) is 7.83. The molecule has 0 radical (unpaired) electrons. The molecule has 0 aromatic heterocycles. The second kappa shape index (κ2) is 12.5. The molecule has 0 spiro atoms. The van der Waals surface area contributed by atoms with Gasteiger partial charge in [-0.3, -0.25) is 13.9 Å². The molecule has 186 valence electrons. The van der Waals surface area contributed by atoms with E-state index in [4.69, 9.17) is 0 Å². The predicted molar refractivity (Wildman–Crippen MR) is 132 cm³/mol. The summed E-state index contributed by atoms with van der Waals surface area (Å²) < 4.78 is 40.1. The molecule has 0 aliphatic heterocycles. The van der Waals surface area contributed by atoms with E-state index in [1.807, 2.05) is 44.2 Å². The first-order valence-corrected chi connectivity index (χ1v) is 13.2. The fraction of sp³-hybridized carbons (Fsp3) is 0.440. The predicted octanol–water partition coefficient (Wildman–Crippen LogP) is 3.21. The Morgan fingerprint density at radius 1 is 1.03 bits per heavy atom. The molecule has 0 aliphatic rings. The van der Waals surface area contributed by atoms with Gasteiger partial charge in [0.1, 0.15) is 18.4 Å². The maximum absolute atomic E-state index is 14.4. The summed E-state index contributed by atoms with van der Waals surface area (Å²) in [7, 11) is -3.97. The second-order valence-electron chi connectivity index (χ2n) is 8.61. The van der Waals surface area contributed by atoms with Gasteiger partial charge < -0.3 is 10.2 Å². The first-order valence-electron chi connectivity index (χ1n) is 11.4. The molecule has 2 aromatic rings. The van der Waals surface area contributed by atoms with Gasteiger partial charge >= 0.3 is 0 Å². The van der Waals surface area contributed by atoms with E-state index in [1.165, 1.54) is 23.1 Å². The summed E-state index contributed by atoms with van der Waals surface area (Å²) in [6.07, 6.45) is 1.76. The Hall–Kier alpha value is -2.94. The first-order chi connectivity index (χ1) is 16.0. The zero-order valence-corrected chi connectivity index (χ0v) is 21.0. The fourth-order valence-electron chi connectivity index (χ4n) is 3.57. The summed E-state index contributed by atoms with van der Waals surface area (Å²) in [4.78, 5) is 27.8. The Kier molecular flexibility index (Phi) is 10.0. The largest absolute Gasteiger partial charge is 0.354 e. The molecule has 0 bridgehead atoms. The number of rotatable bonds is 12. The Bertz CT molecular complexity index is 1060. The van der Waals surface area contributed by atoms with Crippen LogP contribution in [0.2, 0.25) is 0 Å². The minimum atomic E-state index is -3.97. The molecule has 1 N–H and O–H groups in total. The van der Waals surface area contributed by atoms with Gasteiger partial charge in [-0.2, -0.15) is 0 Å². The van der Waals surface area contributed by atoms with Crippen LogP contribution in [0.4, 0.5) is 10.1 Å². The third-order valence-electron chi connectivity index (χ3n) is 5.36. The monoisotopic (exact) mass is 491 g/mol. The lowest BCUT2D eigenvalue weighted by Crippen LogP contribution is -2.53. The van der Waals surface area contributed by atoms with Crippen molar-refractivity contribution < 1.29 is 22.4 Å². The first kappa shape index (κ1) is 27.3. The highest BCUT2D eigenvalue weighted by atomic mass is 32.2. The van der Waals surface area contributed by atoms with Crippen LogP contribution < -0.4 is 9.62 Å². The maximum atomic E-state index is 14.4. The van der Waals surface area contributed by atoms with Gasteiger partial charge in [0, 0.05) is 13.1 Å². The van der Waals surface area contributed by atoms with Gasteiger partial charge in [-0.1, -0.05) is 63.2 Å². The molecule has 34 heavy (non-hydrogen) atoms. The number of carbonyl (C=O) groups excluding carboxylic acids is 2. The van der Waals surface area contributed by atoms with Crippen LogP contribution in [0.25, 0.3) is 0 Å². The third-order valence-corrected chi connectivity index (χ3v) is 6.48. The number of hydrogen-bond donors (Lipinski definition) is 1. The van der Waals surface area contributed by atoms with Crippen LogP contribution in [0.1, 0.15) is 32.8 Å². The van der Waals surface area contributed by atoms with Crippen molar-refractivity contribution in [3.05, 3.63) is 66.0 Å². The standard InChI is InChI=1S/C25H34FN3O4S/c1-5-22(25(31)27-17-19(2)3)28(16-15-20-11-7-6-8-12-20)24(30)18-29(34(4,32)33)23-14-10-9-13-21(23)26/h6-14,19,22H,5,15-18H2,1-4H3,(H,27,31). The molecule has 2 aromatic carbocycles. The maximum Gasteiger partial charge on any atom is 0.244 e. The number of carbonyl (C=O) groups is 2. The van der Waals surface area contributed by atoms with Crippen molar-refractivity contribution in [3.63, 3.8) is 0 Å². The minimum absolute atomic E-state index is 0.210. The van der Waals surface area contributed by atoms with E-state index in [1.54, 1.807) is 6.92 Å². The lowest BCUT2D eigenvalue weighted by atomic mass is 10.1. The van der Waals surface area contributed by atoms with Crippen LogP contribution in [0.15, 0.2) is 54.6 Å².